The number of benzene rings is 2. The largest absolute Gasteiger partial charge is 0.366 e. The van der Waals surface area contributed by atoms with Crippen molar-refractivity contribution in [2.24, 2.45) is 5.73 Å². The number of fused-ring (bicyclic) bond motifs is 1. The molecule has 5 nitrogen and oxygen atoms in total. The lowest BCUT2D eigenvalue weighted by molar-refractivity contribution is -0.114. The summed E-state index contributed by atoms with van der Waals surface area (Å²) in [5.74, 6) is -0.745. The van der Waals surface area contributed by atoms with Gasteiger partial charge in [-0.1, -0.05) is 30.3 Å². The minimum Gasteiger partial charge on any atom is -0.366 e. The maximum absolute atomic E-state index is 12.2. The van der Waals surface area contributed by atoms with E-state index < -0.39 is 5.91 Å². The van der Waals surface area contributed by atoms with Crippen LogP contribution in [-0.2, 0) is 4.79 Å². The van der Waals surface area contributed by atoms with Crippen LogP contribution in [0.15, 0.2) is 53.9 Å². The molecule has 0 unspecified atom stereocenters. The molecule has 0 aliphatic carbocycles. The van der Waals surface area contributed by atoms with Crippen molar-refractivity contribution in [2.75, 3.05) is 23.8 Å². The summed E-state index contributed by atoms with van der Waals surface area (Å²) in [6.45, 7) is 0.175. The van der Waals surface area contributed by atoms with Crippen LogP contribution in [0.5, 0.6) is 0 Å². The Kier molecular flexibility index (Phi) is 4.48. The van der Waals surface area contributed by atoms with E-state index in [9.17, 15) is 9.59 Å². The number of hydrogen-bond acceptors (Lipinski definition) is 4. The van der Waals surface area contributed by atoms with Gasteiger partial charge in [0, 0.05) is 12.7 Å². The van der Waals surface area contributed by atoms with Crippen LogP contribution < -0.4 is 16.0 Å². The Labute approximate surface area is 143 Å². The second kappa shape index (κ2) is 6.72. The minimum atomic E-state index is -0.547. The van der Waals surface area contributed by atoms with Gasteiger partial charge in [-0.3, -0.25) is 9.59 Å². The lowest BCUT2D eigenvalue weighted by atomic mass is 10.1. The molecule has 1 heterocycles. The van der Waals surface area contributed by atoms with Gasteiger partial charge in [-0.05, 0) is 34.4 Å². The molecule has 0 atom stereocenters. The summed E-state index contributed by atoms with van der Waals surface area (Å²) in [5, 5.41) is 7.24. The van der Waals surface area contributed by atoms with E-state index in [4.69, 9.17) is 5.73 Å². The number of nitrogens with zero attached hydrogens (tertiary/aromatic N) is 1. The molecule has 0 bridgehead atoms. The van der Waals surface area contributed by atoms with Crippen molar-refractivity contribution >= 4 is 44.6 Å². The zero-order valence-corrected chi connectivity index (χ0v) is 14.0. The zero-order valence-electron chi connectivity index (χ0n) is 13.2. The average molecular weight is 339 g/mol. The summed E-state index contributed by atoms with van der Waals surface area (Å²) in [5.41, 5.74) is 6.57. The van der Waals surface area contributed by atoms with Crippen LogP contribution in [0, 0.1) is 0 Å². The van der Waals surface area contributed by atoms with E-state index in [1.165, 1.54) is 11.3 Å². The third kappa shape index (κ3) is 3.38. The van der Waals surface area contributed by atoms with E-state index >= 15 is 0 Å². The van der Waals surface area contributed by atoms with Crippen molar-refractivity contribution < 1.29 is 9.59 Å². The molecule has 3 aromatic rings. The number of primary amides is 1. The summed E-state index contributed by atoms with van der Waals surface area (Å²) >= 11 is 1.28. The van der Waals surface area contributed by atoms with E-state index in [1.807, 2.05) is 54.4 Å². The Morgan fingerprint density at radius 1 is 1.12 bits per heavy atom. The van der Waals surface area contributed by atoms with Gasteiger partial charge in [0.1, 0.15) is 5.00 Å². The predicted molar refractivity (Wildman–Crippen MR) is 98.7 cm³/mol. The van der Waals surface area contributed by atoms with E-state index in [2.05, 4.69) is 5.32 Å². The van der Waals surface area contributed by atoms with E-state index in [0.717, 1.165) is 16.5 Å². The third-order valence-electron chi connectivity index (χ3n) is 3.74. The van der Waals surface area contributed by atoms with Gasteiger partial charge in [-0.15, -0.1) is 11.3 Å². The number of thiophene rings is 1. The SMILES string of the molecule is CN(CC(=O)Nc1sccc1C(N)=O)c1ccc2ccccc2c1. The Morgan fingerprint density at radius 3 is 2.62 bits per heavy atom. The van der Waals surface area contributed by atoms with Crippen molar-refractivity contribution in [3.63, 3.8) is 0 Å². The normalized spacial score (nSPS) is 10.5. The van der Waals surface area contributed by atoms with Gasteiger partial charge in [0.2, 0.25) is 5.91 Å². The molecule has 0 saturated carbocycles. The molecular formula is C18H17N3O2S. The van der Waals surface area contributed by atoms with Crippen LogP contribution in [0.4, 0.5) is 10.7 Å². The topological polar surface area (TPSA) is 75.4 Å². The molecule has 2 aromatic carbocycles. The first-order valence-electron chi connectivity index (χ1n) is 7.41. The number of carbonyl (C=O) groups is 2. The van der Waals surface area contributed by atoms with Crippen LogP contribution in [0.3, 0.4) is 0 Å². The Balaban J connectivity index is 1.71. The molecule has 24 heavy (non-hydrogen) atoms. The summed E-state index contributed by atoms with van der Waals surface area (Å²) in [4.78, 5) is 25.4. The highest BCUT2D eigenvalue weighted by molar-refractivity contribution is 7.14. The second-order valence-corrected chi connectivity index (χ2v) is 6.38. The fourth-order valence-electron chi connectivity index (χ4n) is 2.49. The molecular weight excluding hydrogens is 322 g/mol. The Morgan fingerprint density at radius 2 is 1.88 bits per heavy atom. The van der Waals surface area contributed by atoms with E-state index in [0.29, 0.717) is 10.6 Å². The highest BCUT2D eigenvalue weighted by atomic mass is 32.1. The Bertz CT molecular complexity index is 904. The van der Waals surface area contributed by atoms with Crippen molar-refractivity contribution in [3.8, 4) is 0 Å². The lowest BCUT2D eigenvalue weighted by Crippen LogP contribution is -2.30. The summed E-state index contributed by atoms with van der Waals surface area (Å²) in [6, 6.07) is 15.7. The zero-order chi connectivity index (χ0) is 17.1. The van der Waals surface area contributed by atoms with Gasteiger partial charge >= 0.3 is 0 Å². The number of nitrogens with two attached hydrogens (primary N) is 1. The molecule has 0 aliphatic rings. The van der Waals surface area contributed by atoms with Crippen molar-refractivity contribution in [3.05, 3.63) is 59.5 Å². The van der Waals surface area contributed by atoms with Gasteiger partial charge in [0.25, 0.3) is 5.91 Å². The van der Waals surface area contributed by atoms with Gasteiger partial charge in [-0.25, -0.2) is 0 Å². The number of nitrogens with one attached hydrogen (secondary N) is 1. The molecule has 1 aromatic heterocycles. The summed E-state index contributed by atoms with van der Waals surface area (Å²) in [6.07, 6.45) is 0. The first kappa shape index (κ1) is 16.0. The minimum absolute atomic E-state index is 0.175. The number of carbonyl (C=O) groups excluding carboxylic acids is 2. The second-order valence-electron chi connectivity index (χ2n) is 5.46. The van der Waals surface area contributed by atoms with Gasteiger partial charge in [0.05, 0.1) is 12.1 Å². The fourth-order valence-corrected chi connectivity index (χ4v) is 3.30. The standard InChI is InChI=1S/C18H17N3O2S/c1-21(14-7-6-12-4-2-3-5-13(12)10-14)11-16(22)20-18-15(17(19)23)8-9-24-18/h2-10H,11H2,1H3,(H2,19,23)(H,20,22). The first-order valence-corrected chi connectivity index (χ1v) is 8.29. The Hall–Kier alpha value is -2.86. The fraction of sp³-hybridized carbons (Fsp3) is 0.111. The molecule has 0 spiro atoms. The van der Waals surface area contributed by atoms with Crippen molar-refractivity contribution in [1.82, 2.24) is 0 Å². The maximum atomic E-state index is 12.2. The van der Waals surface area contributed by atoms with Crippen molar-refractivity contribution in [1.29, 1.82) is 0 Å². The van der Waals surface area contributed by atoms with Gasteiger partial charge in [0.15, 0.2) is 0 Å². The van der Waals surface area contributed by atoms with Crippen LogP contribution in [0.25, 0.3) is 10.8 Å². The quantitative estimate of drug-likeness (QED) is 0.750. The predicted octanol–water partition coefficient (Wildman–Crippen LogP) is 3.08. The van der Waals surface area contributed by atoms with Gasteiger partial charge < -0.3 is 16.0 Å². The lowest BCUT2D eigenvalue weighted by Gasteiger charge is -2.19. The van der Waals surface area contributed by atoms with Crippen LogP contribution >= 0.6 is 11.3 Å². The molecule has 0 fully saturated rings. The van der Waals surface area contributed by atoms with Crippen LogP contribution in [0.1, 0.15) is 10.4 Å². The highest BCUT2D eigenvalue weighted by Gasteiger charge is 2.14. The highest BCUT2D eigenvalue weighted by Crippen LogP contribution is 2.24. The number of anilines is 2. The molecule has 0 aliphatic heterocycles. The molecule has 0 radical (unpaired) electrons. The maximum Gasteiger partial charge on any atom is 0.251 e. The smallest absolute Gasteiger partial charge is 0.251 e. The number of amides is 2. The molecule has 6 heteroatoms. The monoisotopic (exact) mass is 339 g/mol. The molecule has 2 amide bonds. The van der Waals surface area contributed by atoms with E-state index in [-0.39, 0.29) is 12.5 Å². The van der Waals surface area contributed by atoms with Gasteiger partial charge in [-0.2, -0.15) is 0 Å². The first-order chi connectivity index (χ1) is 11.5. The average Bonchev–Trinajstić information content (AvgIpc) is 3.02. The summed E-state index contributed by atoms with van der Waals surface area (Å²) < 4.78 is 0. The van der Waals surface area contributed by atoms with E-state index in [1.54, 1.807) is 11.4 Å². The van der Waals surface area contributed by atoms with Crippen LogP contribution in [0.2, 0.25) is 0 Å². The molecule has 0 saturated heterocycles. The summed E-state index contributed by atoms with van der Waals surface area (Å²) in [7, 11) is 1.85. The number of rotatable bonds is 5. The molecule has 122 valence electrons. The van der Waals surface area contributed by atoms with Crippen molar-refractivity contribution in [2.45, 2.75) is 0 Å². The molecule has 3 rings (SSSR count). The molecule has 3 N–H and O–H groups in total. The van der Waals surface area contributed by atoms with Crippen LogP contribution in [-0.4, -0.2) is 25.4 Å². The number of likely N-dealkylation sites (N-methyl/N-ethyl adjacent to an activating group) is 1. The number of hydrogen-bond donors (Lipinski definition) is 2. The third-order valence-corrected chi connectivity index (χ3v) is 4.57.